The number of nitrogens with zero attached hydrogens (tertiary/aromatic N) is 3. The lowest BCUT2D eigenvalue weighted by molar-refractivity contribution is -0.144. The predicted molar refractivity (Wildman–Crippen MR) is 86.0 cm³/mol. The summed E-state index contributed by atoms with van der Waals surface area (Å²) in [6, 6.07) is -0.101. The monoisotopic (exact) mass is 335 g/mol. The number of carbonyl (C=O) groups excluding carboxylic acids is 2. The van der Waals surface area contributed by atoms with Gasteiger partial charge in [0.25, 0.3) is 0 Å². The standard InChI is InChI=1S/C17H25N3O4/c1-4-14-8-18-16(24-14)10-20(12(3)21)13-5-6-19(9-13)15-7-11(2)23-17(15)22/h8,11,13,15H,4-7,9-10H2,1-3H3. The molecule has 7 heteroatoms. The molecule has 2 aliphatic rings. The van der Waals surface area contributed by atoms with Gasteiger partial charge in [-0.25, -0.2) is 4.98 Å². The molecule has 0 bridgehead atoms. The normalized spacial score (nSPS) is 27.5. The molecule has 3 heterocycles. The summed E-state index contributed by atoms with van der Waals surface area (Å²) in [4.78, 5) is 32.2. The highest BCUT2D eigenvalue weighted by molar-refractivity contribution is 5.78. The van der Waals surface area contributed by atoms with Crippen LogP contribution >= 0.6 is 0 Å². The first-order valence-corrected chi connectivity index (χ1v) is 8.63. The predicted octanol–water partition coefficient (Wildman–Crippen LogP) is 1.36. The van der Waals surface area contributed by atoms with Gasteiger partial charge < -0.3 is 14.1 Å². The molecule has 0 spiro atoms. The Bertz CT molecular complexity index is 615. The molecular weight excluding hydrogens is 310 g/mol. The number of aryl methyl sites for hydroxylation is 1. The van der Waals surface area contributed by atoms with Crippen LogP contribution in [-0.4, -0.2) is 57.9 Å². The second-order valence-corrected chi connectivity index (χ2v) is 6.66. The van der Waals surface area contributed by atoms with Crippen LogP contribution in [0.25, 0.3) is 0 Å². The van der Waals surface area contributed by atoms with Crippen LogP contribution in [0.2, 0.25) is 0 Å². The maximum Gasteiger partial charge on any atom is 0.323 e. The molecule has 0 N–H and O–H groups in total. The molecule has 1 amide bonds. The molecule has 2 fully saturated rings. The number of carbonyl (C=O) groups is 2. The average molecular weight is 335 g/mol. The van der Waals surface area contributed by atoms with Gasteiger partial charge in [0.15, 0.2) is 0 Å². The van der Waals surface area contributed by atoms with E-state index in [9.17, 15) is 9.59 Å². The Kier molecular flexibility index (Phi) is 4.89. The van der Waals surface area contributed by atoms with Crippen molar-refractivity contribution in [2.75, 3.05) is 13.1 Å². The Morgan fingerprint density at radius 2 is 2.29 bits per heavy atom. The lowest BCUT2D eigenvalue weighted by atomic mass is 10.1. The molecule has 7 nitrogen and oxygen atoms in total. The van der Waals surface area contributed by atoms with E-state index in [1.54, 1.807) is 18.0 Å². The van der Waals surface area contributed by atoms with Crippen LogP contribution in [0.5, 0.6) is 0 Å². The number of aromatic nitrogens is 1. The van der Waals surface area contributed by atoms with E-state index < -0.39 is 0 Å². The van der Waals surface area contributed by atoms with E-state index in [0.717, 1.165) is 31.6 Å². The van der Waals surface area contributed by atoms with Crippen LogP contribution in [0.4, 0.5) is 0 Å². The number of cyclic esters (lactones) is 1. The Morgan fingerprint density at radius 1 is 1.50 bits per heavy atom. The molecule has 0 aliphatic carbocycles. The van der Waals surface area contributed by atoms with Crippen LogP contribution in [0.3, 0.4) is 0 Å². The van der Waals surface area contributed by atoms with Crippen molar-refractivity contribution < 1.29 is 18.7 Å². The third-order valence-electron chi connectivity index (χ3n) is 4.88. The topological polar surface area (TPSA) is 75.9 Å². The lowest BCUT2D eigenvalue weighted by Gasteiger charge is -2.27. The number of hydrogen-bond donors (Lipinski definition) is 0. The van der Waals surface area contributed by atoms with Gasteiger partial charge in [-0.3, -0.25) is 14.5 Å². The summed E-state index contributed by atoms with van der Waals surface area (Å²) in [7, 11) is 0. The third kappa shape index (κ3) is 3.45. The lowest BCUT2D eigenvalue weighted by Crippen LogP contribution is -2.43. The van der Waals surface area contributed by atoms with Crippen molar-refractivity contribution in [3.8, 4) is 0 Å². The van der Waals surface area contributed by atoms with Gasteiger partial charge in [-0.15, -0.1) is 0 Å². The Morgan fingerprint density at radius 3 is 2.88 bits per heavy atom. The van der Waals surface area contributed by atoms with Crippen LogP contribution < -0.4 is 0 Å². The van der Waals surface area contributed by atoms with Gasteiger partial charge in [0.1, 0.15) is 17.9 Å². The number of rotatable bonds is 5. The van der Waals surface area contributed by atoms with Gasteiger partial charge >= 0.3 is 5.97 Å². The highest BCUT2D eigenvalue weighted by Crippen LogP contribution is 2.26. The summed E-state index contributed by atoms with van der Waals surface area (Å²) in [6.45, 7) is 7.35. The van der Waals surface area contributed by atoms with Gasteiger partial charge in [0.05, 0.1) is 12.7 Å². The average Bonchev–Trinajstić information content (AvgIpc) is 3.24. The van der Waals surface area contributed by atoms with Crippen molar-refractivity contribution in [2.45, 2.75) is 64.8 Å². The third-order valence-corrected chi connectivity index (χ3v) is 4.88. The minimum absolute atomic E-state index is 0.000431. The van der Waals surface area contributed by atoms with Gasteiger partial charge in [0.2, 0.25) is 11.8 Å². The summed E-state index contributed by atoms with van der Waals surface area (Å²) in [5.74, 6) is 1.25. The molecule has 0 radical (unpaired) electrons. The van der Waals surface area contributed by atoms with E-state index in [4.69, 9.17) is 9.15 Å². The zero-order chi connectivity index (χ0) is 17.3. The zero-order valence-electron chi connectivity index (χ0n) is 14.5. The summed E-state index contributed by atoms with van der Waals surface area (Å²) < 4.78 is 10.9. The highest BCUT2D eigenvalue weighted by atomic mass is 16.6. The van der Waals surface area contributed by atoms with Crippen LogP contribution in [0.1, 0.15) is 45.3 Å². The quantitative estimate of drug-likeness (QED) is 0.757. The van der Waals surface area contributed by atoms with Crippen molar-refractivity contribution in [1.29, 1.82) is 0 Å². The van der Waals surface area contributed by atoms with Gasteiger partial charge in [-0.1, -0.05) is 6.92 Å². The fourth-order valence-corrected chi connectivity index (χ4v) is 3.57. The molecular formula is C17H25N3O4. The van der Waals surface area contributed by atoms with Gasteiger partial charge in [0, 0.05) is 38.9 Å². The number of ether oxygens (including phenoxy) is 1. The fraction of sp³-hybridized carbons (Fsp3) is 0.706. The number of oxazole rings is 1. The second kappa shape index (κ2) is 6.93. The Labute approximate surface area is 141 Å². The summed E-state index contributed by atoms with van der Waals surface area (Å²) in [5, 5.41) is 0. The van der Waals surface area contributed by atoms with E-state index in [-0.39, 0.29) is 30.1 Å². The molecule has 0 saturated carbocycles. The summed E-state index contributed by atoms with van der Waals surface area (Å²) in [5.41, 5.74) is 0. The van der Waals surface area contributed by atoms with Crippen molar-refractivity contribution in [3.63, 3.8) is 0 Å². The first-order chi connectivity index (χ1) is 11.5. The molecule has 3 rings (SSSR count). The molecule has 24 heavy (non-hydrogen) atoms. The van der Waals surface area contributed by atoms with Crippen LogP contribution in [0.15, 0.2) is 10.6 Å². The highest BCUT2D eigenvalue weighted by Gasteiger charge is 2.41. The number of amides is 1. The van der Waals surface area contributed by atoms with Crippen LogP contribution in [-0.2, 0) is 27.3 Å². The van der Waals surface area contributed by atoms with Crippen molar-refractivity contribution in [3.05, 3.63) is 17.8 Å². The van der Waals surface area contributed by atoms with Crippen molar-refractivity contribution in [1.82, 2.24) is 14.8 Å². The first kappa shape index (κ1) is 17.0. The van der Waals surface area contributed by atoms with E-state index >= 15 is 0 Å². The fourth-order valence-electron chi connectivity index (χ4n) is 3.57. The zero-order valence-corrected chi connectivity index (χ0v) is 14.5. The largest absolute Gasteiger partial charge is 0.461 e. The van der Waals surface area contributed by atoms with E-state index in [1.807, 2.05) is 13.8 Å². The molecule has 2 aliphatic heterocycles. The molecule has 1 aromatic rings. The summed E-state index contributed by atoms with van der Waals surface area (Å²) in [6.07, 6.45) is 4.05. The number of hydrogen-bond acceptors (Lipinski definition) is 6. The molecule has 0 aromatic carbocycles. The van der Waals surface area contributed by atoms with E-state index in [2.05, 4.69) is 9.88 Å². The molecule has 3 atom stereocenters. The molecule has 2 saturated heterocycles. The SMILES string of the molecule is CCc1cnc(CN(C(C)=O)C2CCN(C3CC(C)OC3=O)C2)o1. The van der Waals surface area contributed by atoms with Gasteiger partial charge in [-0.2, -0.15) is 0 Å². The maximum atomic E-state index is 12.1. The second-order valence-electron chi connectivity index (χ2n) is 6.66. The minimum Gasteiger partial charge on any atom is -0.461 e. The van der Waals surface area contributed by atoms with E-state index in [1.165, 1.54) is 0 Å². The minimum atomic E-state index is -0.174. The maximum absolute atomic E-state index is 12.1. The van der Waals surface area contributed by atoms with Crippen LogP contribution in [0, 0.1) is 0 Å². The van der Waals surface area contributed by atoms with Gasteiger partial charge in [-0.05, 0) is 13.3 Å². The van der Waals surface area contributed by atoms with Crippen molar-refractivity contribution >= 4 is 11.9 Å². The smallest absolute Gasteiger partial charge is 0.323 e. The molecule has 1 aromatic heterocycles. The first-order valence-electron chi connectivity index (χ1n) is 8.63. The Hall–Kier alpha value is -1.89. The molecule has 132 valence electrons. The number of likely N-dealkylation sites (tertiary alicyclic amines) is 1. The van der Waals surface area contributed by atoms with Crippen molar-refractivity contribution in [2.24, 2.45) is 0 Å². The molecule has 3 unspecified atom stereocenters. The Balaban J connectivity index is 1.64. The van der Waals surface area contributed by atoms with E-state index in [0.29, 0.717) is 19.0 Å². The number of esters is 1. The summed E-state index contributed by atoms with van der Waals surface area (Å²) >= 11 is 0.